The van der Waals surface area contributed by atoms with E-state index in [-0.39, 0.29) is 12.3 Å². The monoisotopic (exact) mass is 383 g/mol. The Bertz CT molecular complexity index is 1010. The van der Waals surface area contributed by atoms with Crippen LogP contribution in [-0.4, -0.2) is 25.7 Å². The number of aryl methyl sites for hydroxylation is 4. The molecule has 0 unspecified atom stereocenters. The van der Waals surface area contributed by atoms with Crippen molar-refractivity contribution in [2.75, 3.05) is 5.32 Å². The third-order valence-electron chi connectivity index (χ3n) is 4.40. The molecule has 0 radical (unpaired) electrons. The number of hydrogen-bond donors (Lipinski definition) is 1. The summed E-state index contributed by atoms with van der Waals surface area (Å²) in [5.74, 6) is 0.417. The van der Waals surface area contributed by atoms with Crippen molar-refractivity contribution >= 4 is 23.2 Å². The van der Waals surface area contributed by atoms with E-state index in [0.717, 1.165) is 39.6 Å². The number of nitrogens with one attached hydrogen (secondary N) is 1. The highest BCUT2D eigenvalue weighted by Gasteiger charge is 2.18. The second-order valence-corrected chi connectivity index (χ2v) is 7.13. The number of carbonyl (C=O) groups is 1. The predicted octanol–water partition coefficient (Wildman–Crippen LogP) is 4.04. The van der Waals surface area contributed by atoms with Crippen LogP contribution in [0.4, 0.5) is 5.69 Å². The summed E-state index contributed by atoms with van der Waals surface area (Å²) in [5, 5.41) is 8.13. The highest BCUT2D eigenvalue weighted by molar-refractivity contribution is 6.30. The summed E-state index contributed by atoms with van der Waals surface area (Å²) < 4.78 is 1.70. The molecular formula is C20H22ClN5O. The van der Waals surface area contributed by atoms with Crippen molar-refractivity contribution in [3.05, 3.63) is 63.2 Å². The summed E-state index contributed by atoms with van der Waals surface area (Å²) in [6.07, 6.45) is 0.227. The van der Waals surface area contributed by atoms with Crippen molar-refractivity contribution in [1.82, 2.24) is 19.7 Å². The van der Waals surface area contributed by atoms with Crippen molar-refractivity contribution < 1.29 is 4.79 Å². The normalized spacial score (nSPS) is 10.9. The number of halogens is 1. The first-order valence-corrected chi connectivity index (χ1v) is 9.06. The van der Waals surface area contributed by atoms with Crippen LogP contribution in [0.3, 0.4) is 0 Å². The van der Waals surface area contributed by atoms with E-state index in [1.54, 1.807) is 10.7 Å². The summed E-state index contributed by atoms with van der Waals surface area (Å²) >= 11 is 5.97. The Morgan fingerprint density at radius 3 is 2.37 bits per heavy atom. The first kappa shape index (κ1) is 19.0. The zero-order valence-corrected chi connectivity index (χ0v) is 16.8. The zero-order chi connectivity index (χ0) is 19.7. The topological polar surface area (TPSA) is 72.7 Å². The maximum Gasteiger partial charge on any atom is 0.251 e. The molecule has 2 aromatic heterocycles. The van der Waals surface area contributed by atoms with Gasteiger partial charge < -0.3 is 5.32 Å². The Hall–Kier alpha value is -2.73. The summed E-state index contributed by atoms with van der Waals surface area (Å²) in [4.78, 5) is 21.5. The predicted molar refractivity (Wildman–Crippen MR) is 107 cm³/mol. The molecule has 0 bridgehead atoms. The lowest BCUT2D eigenvalue weighted by Gasteiger charge is -2.09. The number of aromatic nitrogens is 4. The van der Waals surface area contributed by atoms with Gasteiger partial charge in [-0.2, -0.15) is 5.10 Å². The number of benzene rings is 1. The molecule has 3 aromatic rings. The third-order valence-corrected chi connectivity index (χ3v) is 4.64. The van der Waals surface area contributed by atoms with Crippen LogP contribution in [0.1, 0.15) is 33.9 Å². The number of hydrogen-bond acceptors (Lipinski definition) is 4. The molecule has 140 valence electrons. The van der Waals surface area contributed by atoms with Crippen molar-refractivity contribution in [3.63, 3.8) is 0 Å². The molecular weight excluding hydrogens is 362 g/mol. The molecule has 0 saturated heterocycles. The maximum absolute atomic E-state index is 12.6. The molecule has 3 rings (SSSR count). The van der Waals surface area contributed by atoms with Crippen LogP contribution >= 0.6 is 11.6 Å². The van der Waals surface area contributed by atoms with Crippen molar-refractivity contribution in [2.45, 2.75) is 41.0 Å². The SMILES string of the molecule is Cc1cc(C)nc(-n2nc(C)c(CC(=O)Nc3ccc(Cl)cc3C)c2C)n1. The van der Waals surface area contributed by atoms with Gasteiger partial charge in [0.1, 0.15) is 0 Å². The molecule has 0 aliphatic carbocycles. The van der Waals surface area contributed by atoms with Gasteiger partial charge in [0.05, 0.1) is 12.1 Å². The average molecular weight is 384 g/mol. The van der Waals surface area contributed by atoms with E-state index >= 15 is 0 Å². The minimum Gasteiger partial charge on any atom is -0.326 e. The van der Waals surface area contributed by atoms with E-state index in [0.29, 0.717) is 11.0 Å². The Labute approximate surface area is 163 Å². The minimum atomic E-state index is -0.104. The van der Waals surface area contributed by atoms with Gasteiger partial charge in [-0.15, -0.1) is 0 Å². The molecule has 6 nitrogen and oxygen atoms in total. The number of rotatable bonds is 4. The van der Waals surface area contributed by atoms with Gasteiger partial charge in [-0.25, -0.2) is 14.6 Å². The molecule has 1 amide bonds. The fourth-order valence-corrected chi connectivity index (χ4v) is 3.28. The number of carbonyl (C=O) groups excluding carboxylic acids is 1. The lowest BCUT2D eigenvalue weighted by Crippen LogP contribution is -2.16. The van der Waals surface area contributed by atoms with E-state index in [9.17, 15) is 4.79 Å². The first-order valence-electron chi connectivity index (χ1n) is 8.68. The van der Waals surface area contributed by atoms with Gasteiger partial charge in [0.25, 0.3) is 5.95 Å². The summed E-state index contributed by atoms with van der Waals surface area (Å²) in [7, 11) is 0. The Kier molecular flexibility index (Phi) is 5.28. The molecule has 0 aliphatic heterocycles. The van der Waals surface area contributed by atoms with Gasteiger partial charge in [0, 0.05) is 33.4 Å². The van der Waals surface area contributed by atoms with Crippen LogP contribution in [-0.2, 0) is 11.2 Å². The molecule has 0 fully saturated rings. The van der Waals surface area contributed by atoms with Crippen molar-refractivity contribution in [3.8, 4) is 5.95 Å². The van der Waals surface area contributed by atoms with Crippen LogP contribution in [0.5, 0.6) is 0 Å². The summed E-state index contributed by atoms with van der Waals surface area (Å²) in [6, 6.07) is 7.30. The first-order chi connectivity index (χ1) is 12.7. The highest BCUT2D eigenvalue weighted by Crippen LogP contribution is 2.21. The lowest BCUT2D eigenvalue weighted by atomic mass is 10.1. The Morgan fingerprint density at radius 2 is 1.74 bits per heavy atom. The van der Waals surface area contributed by atoms with Gasteiger partial charge >= 0.3 is 0 Å². The maximum atomic E-state index is 12.6. The fraction of sp³-hybridized carbons (Fsp3) is 0.300. The summed E-state index contributed by atoms with van der Waals surface area (Å²) in [6.45, 7) is 9.58. The molecule has 0 atom stereocenters. The molecule has 0 spiro atoms. The van der Waals surface area contributed by atoms with Gasteiger partial charge in [-0.3, -0.25) is 4.79 Å². The van der Waals surface area contributed by atoms with E-state index < -0.39 is 0 Å². The van der Waals surface area contributed by atoms with E-state index in [2.05, 4.69) is 20.4 Å². The van der Waals surface area contributed by atoms with Gasteiger partial charge in [0.2, 0.25) is 5.91 Å². The molecule has 0 aliphatic rings. The molecule has 7 heteroatoms. The fourth-order valence-electron chi connectivity index (χ4n) is 3.05. The van der Waals surface area contributed by atoms with Crippen LogP contribution < -0.4 is 5.32 Å². The Morgan fingerprint density at radius 1 is 1.07 bits per heavy atom. The van der Waals surface area contributed by atoms with Crippen LogP contribution in [0.25, 0.3) is 5.95 Å². The molecule has 1 aromatic carbocycles. The van der Waals surface area contributed by atoms with Crippen LogP contribution in [0, 0.1) is 34.6 Å². The third kappa shape index (κ3) is 4.17. The largest absolute Gasteiger partial charge is 0.326 e. The zero-order valence-electron chi connectivity index (χ0n) is 16.1. The number of nitrogens with zero attached hydrogens (tertiary/aromatic N) is 4. The highest BCUT2D eigenvalue weighted by atomic mass is 35.5. The van der Waals surface area contributed by atoms with E-state index in [1.165, 1.54) is 0 Å². The van der Waals surface area contributed by atoms with E-state index in [1.807, 2.05) is 52.8 Å². The summed E-state index contributed by atoms with van der Waals surface area (Å²) in [5.41, 5.74) is 5.96. The standard InChI is InChI=1S/C20H22ClN5O/c1-11-8-16(21)6-7-18(11)24-19(27)10-17-14(4)25-26(15(17)5)20-22-12(2)9-13(3)23-20/h6-9H,10H2,1-5H3,(H,24,27). The number of amides is 1. The number of anilines is 1. The van der Waals surface area contributed by atoms with Gasteiger partial charge in [0.15, 0.2) is 0 Å². The van der Waals surface area contributed by atoms with Crippen molar-refractivity contribution in [1.29, 1.82) is 0 Å². The molecule has 0 saturated carbocycles. The molecule has 1 N–H and O–H groups in total. The average Bonchev–Trinajstić information content (AvgIpc) is 2.85. The quantitative estimate of drug-likeness (QED) is 0.737. The van der Waals surface area contributed by atoms with Crippen LogP contribution in [0.2, 0.25) is 5.02 Å². The van der Waals surface area contributed by atoms with Crippen LogP contribution in [0.15, 0.2) is 24.3 Å². The van der Waals surface area contributed by atoms with Crippen molar-refractivity contribution in [2.24, 2.45) is 0 Å². The van der Waals surface area contributed by atoms with Gasteiger partial charge in [-0.1, -0.05) is 11.6 Å². The smallest absolute Gasteiger partial charge is 0.251 e. The van der Waals surface area contributed by atoms with Gasteiger partial charge in [-0.05, 0) is 64.4 Å². The molecule has 27 heavy (non-hydrogen) atoms. The lowest BCUT2D eigenvalue weighted by molar-refractivity contribution is -0.115. The molecule has 2 heterocycles. The second kappa shape index (κ2) is 7.48. The Balaban J connectivity index is 1.85. The van der Waals surface area contributed by atoms with E-state index in [4.69, 9.17) is 11.6 Å². The minimum absolute atomic E-state index is 0.104. The second-order valence-electron chi connectivity index (χ2n) is 6.70.